The molecule has 4 rings (SSSR count). The van der Waals surface area contributed by atoms with Crippen molar-refractivity contribution >= 4 is 38.3 Å². The minimum absolute atomic E-state index is 0.0622. The fourth-order valence-corrected chi connectivity index (χ4v) is 4.27. The van der Waals surface area contributed by atoms with Crippen LogP contribution in [0.4, 0.5) is 15.8 Å². The number of furan rings is 1. The summed E-state index contributed by atoms with van der Waals surface area (Å²) in [6.07, 6.45) is 0. The van der Waals surface area contributed by atoms with E-state index in [9.17, 15) is 17.6 Å². The molecule has 3 aromatic carbocycles. The van der Waals surface area contributed by atoms with Crippen molar-refractivity contribution in [2.24, 2.45) is 0 Å². The predicted octanol–water partition coefficient (Wildman–Crippen LogP) is 4.64. The second-order valence-corrected chi connectivity index (χ2v) is 8.57. The van der Waals surface area contributed by atoms with Crippen LogP contribution in [0.1, 0.15) is 10.6 Å². The standard InChI is InChI=1S/C23H19FN2O6S/c1-30-15-9-7-14(8-10-15)25-23(27)22-21(17-5-3-4-6-19(17)32-22)26-33(28,29)16-11-12-20(31-2)18(24)13-16/h3-13,26H,1-2H3,(H,25,27). The third kappa shape index (κ3) is 4.46. The summed E-state index contributed by atoms with van der Waals surface area (Å²) in [4.78, 5) is 12.6. The van der Waals surface area contributed by atoms with Crippen LogP contribution in [0.25, 0.3) is 11.0 Å². The van der Waals surface area contributed by atoms with Crippen LogP contribution in [0, 0.1) is 5.82 Å². The maximum absolute atomic E-state index is 14.1. The SMILES string of the molecule is COc1ccc(NC(=O)c2oc3ccccc3c2NS(=O)(=O)c2ccc(OC)c(F)c2)cc1. The van der Waals surface area contributed by atoms with Crippen molar-refractivity contribution in [1.82, 2.24) is 0 Å². The molecule has 0 aliphatic rings. The number of hydrogen-bond donors (Lipinski definition) is 2. The molecule has 4 aromatic rings. The van der Waals surface area contributed by atoms with Gasteiger partial charge in [-0.15, -0.1) is 0 Å². The predicted molar refractivity (Wildman–Crippen MR) is 121 cm³/mol. The molecule has 0 atom stereocenters. The Hall–Kier alpha value is -4.05. The number of sulfonamides is 1. The monoisotopic (exact) mass is 470 g/mol. The first-order chi connectivity index (χ1) is 15.8. The molecule has 170 valence electrons. The molecule has 0 aliphatic carbocycles. The fraction of sp³-hybridized carbons (Fsp3) is 0.0870. The highest BCUT2D eigenvalue weighted by molar-refractivity contribution is 7.92. The van der Waals surface area contributed by atoms with E-state index in [0.717, 1.165) is 6.07 Å². The summed E-state index contributed by atoms with van der Waals surface area (Å²) < 4.78 is 58.0. The van der Waals surface area contributed by atoms with Crippen LogP contribution in [-0.2, 0) is 10.0 Å². The number of hydrogen-bond acceptors (Lipinski definition) is 6. The van der Waals surface area contributed by atoms with Gasteiger partial charge in [0, 0.05) is 11.1 Å². The zero-order chi connectivity index (χ0) is 23.6. The Morgan fingerprint density at radius 3 is 2.36 bits per heavy atom. The lowest BCUT2D eigenvalue weighted by molar-refractivity contribution is 0.1000. The number of benzene rings is 3. The Morgan fingerprint density at radius 2 is 1.70 bits per heavy atom. The minimum atomic E-state index is -4.26. The lowest BCUT2D eigenvalue weighted by atomic mass is 10.2. The van der Waals surface area contributed by atoms with Crippen molar-refractivity contribution in [1.29, 1.82) is 0 Å². The van der Waals surface area contributed by atoms with E-state index in [1.165, 1.54) is 26.4 Å². The van der Waals surface area contributed by atoms with Crippen molar-refractivity contribution < 1.29 is 31.5 Å². The molecule has 8 nitrogen and oxygen atoms in total. The highest BCUT2D eigenvalue weighted by Gasteiger charge is 2.26. The number of fused-ring (bicyclic) bond motifs is 1. The molecule has 0 unspecified atom stereocenters. The molecule has 2 N–H and O–H groups in total. The summed E-state index contributed by atoms with van der Waals surface area (Å²) in [5.74, 6) is -1.24. The summed E-state index contributed by atoms with van der Waals surface area (Å²) in [5.41, 5.74) is 0.691. The van der Waals surface area contributed by atoms with Gasteiger partial charge in [-0.25, -0.2) is 12.8 Å². The maximum atomic E-state index is 14.1. The minimum Gasteiger partial charge on any atom is -0.497 e. The molecule has 0 bridgehead atoms. The molecule has 1 amide bonds. The molecule has 33 heavy (non-hydrogen) atoms. The number of nitrogens with one attached hydrogen (secondary N) is 2. The number of rotatable bonds is 7. The molecular formula is C23H19FN2O6S. The van der Waals surface area contributed by atoms with Crippen LogP contribution in [0.2, 0.25) is 0 Å². The van der Waals surface area contributed by atoms with Gasteiger partial charge in [0.2, 0.25) is 5.76 Å². The first-order valence-electron chi connectivity index (χ1n) is 9.65. The van der Waals surface area contributed by atoms with Crippen LogP contribution in [-0.4, -0.2) is 28.5 Å². The summed E-state index contributed by atoms with van der Waals surface area (Å²) in [5, 5.41) is 3.03. The highest BCUT2D eigenvalue weighted by Crippen LogP contribution is 2.34. The van der Waals surface area contributed by atoms with Gasteiger partial charge < -0.3 is 19.2 Å². The number of halogens is 1. The fourth-order valence-electron chi connectivity index (χ4n) is 3.18. The second-order valence-electron chi connectivity index (χ2n) is 6.89. The highest BCUT2D eigenvalue weighted by atomic mass is 32.2. The van der Waals surface area contributed by atoms with Crippen LogP contribution >= 0.6 is 0 Å². The smallest absolute Gasteiger partial charge is 0.293 e. The van der Waals surface area contributed by atoms with Gasteiger partial charge in [0.25, 0.3) is 15.9 Å². The van der Waals surface area contributed by atoms with Crippen LogP contribution in [0.5, 0.6) is 11.5 Å². The maximum Gasteiger partial charge on any atom is 0.293 e. The van der Waals surface area contributed by atoms with Crippen LogP contribution < -0.4 is 19.5 Å². The van der Waals surface area contributed by atoms with E-state index < -0.39 is 21.7 Å². The van der Waals surface area contributed by atoms with E-state index in [1.54, 1.807) is 48.5 Å². The van der Waals surface area contributed by atoms with E-state index in [1.807, 2.05) is 0 Å². The Labute approximate surface area is 189 Å². The molecule has 0 spiro atoms. The lowest BCUT2D eigenvalue weighted by Crippen LogP contribution is -2.17. The lowest BCUT2D eigenvalue weighted by Gasteiger charge is -2.10. The number of carbonyl (C=O) groups excluding carboxylic acids is 1. The van der Waals surface area contributed by atoms with E-state index >= 15 is 0 Å². The van der Waals surface area contributed by atoms with Gasteiger partial charge in [0.1, 0.15) is 17.0 Å². The van der Waals surface area contributed by atoms with Crippen molar-refractivity contribution in [3.8, 4) is 11.5 Å². The summed E-state index contributed by atoms with van der Waals surface area (Å²) in [6.45, 7) is 0. The van der Waals surface area contributed by atoms with Gasteiger partial charge in [0.15, 0.2) is 11.6 Å². The summed E-state index contributed by atoms with van der Waals surface area (Å²) in [7, 11) is -1.47. The summed E-state index contributed by atoms with van der Waals surface area (Å²) >= 11 is 0. The number of para-hydroxylation sites is 1. The number of ether oxygens (including phenoxy) is 2. The Bertz CT molecular complexity index is 1430. The van der Waals surface area contributed by atoms with Gasteiger partial charge in [-0.05, 0) is 54.6 Å². The van der Waals surface area contributed by atoms with Gasteiger partial charge in [-0.3, -0.25) is 9.52 Å². The third-order valence-corrected chi connectivity index (χ3v) is 6.17. The van der Waals surface area contributed by atoms with Crippen molar-refractivity contribution in [2.75, 3.05) is 24.3 Å². The van der Waals surface area contributed by atoms with Gasteiger partial charge in [0.05, 0.1) is 19.1 Å². The Balaban J connectivity index is 1.71. The van der Waals surface area contributed by atoms with Crippen molar-refractivity contribution in [3.05, 3.63) is 78.3 Å². The first kappa shape index (κ1) is 22.2. The Morgan fingerprint density at radius 1 is 0.970 bits per heavy atom. The van der Waals surface area contributed by atoms with Crippen molar-refractivity contribution in [2.45, 2.75) is 4.90 Å². The quantitative estimate of drug-likeness (QED) is 0.407. The van der Waals surface area contributed by atoms with Crippen LogP contribution in [0.15, 0.2) is 76.0 Å². The molecule has 0 saturated heterocycles. The Kier molecular flexibility index (Phi) is 5.93. The van der Waals surface area contributed by atoms with E-state index in [-0.39, 0.29) is 22.1 Å². The van der Waals surface area contributed by atoms with E-state index in [4.69, 9.17) is 13.9 Å². The number of methoxy groups -OCH3 is 2. The van der Waals surface area contributed by atoms with Gasteiger partial charge in [-0.2, -0.15) is 0 Å². The third-order valence-electron chi connectivity index (χ3n) is 4.82. The van der Waals surface area contributed by atoms with Crippen molar-refractivity contribution in [3.63, 3.8) is 0 Å². The van der Waals surface area contributed by atoms with Gasteiger partial charge in [-0.1, -0.05) is 12.1 Å². The zero-order valence-electron chi connectivity index (χ0n) is 17.6. The number of amides is 1. The average Bonchev–Trinajstić information content (AvgIpc) is 3.17. The number of anilines is 2. The van der Waals surface area contributed by atoms with Crippen LogP contribution in [0.3, 0.4) is 0 Å². The molecule has 1 heterocycles. The van der Waals surface area contributed by atoms with E-state index in [2.05, 4.69) is 10.0 Å². The molecule has 1 aromatic heterocycles. The number of carbonyl (C=O) groups is 1. The topological polar surface area (TPSA) is 107 Å². The molecule has 0 aliphatic heterocycles. The van der Waals surface area contributed by atoms with Gasteiger partial charge >= 0.3 is 0 Å². The average molecular weight is 470 g/mol. The summed E-state index contributed by atoms with van der Waals surface area (Å²) in [6, 6.07) is 16.4. The second kappa shape index (κ2) is 8.83. The molecule has 10 heteroatoms. The first-order valence-corrected chi connectivity index (χ1v) is 11.1. The molecule has 0 radical (unpaired) electrons. The van der Waals surface area contributed by atoms with E-state index in [0.29, 0.717) is 22.4 Å². The molecule has 0 fully saturated rings. The molecular weight excluding hydrogens is 451 g/mol. The normalized spacial score (nSPS) is 11.2. The zero-order valence-corrected chi connectivity index (χ0v) is 18.4. The largest absolute Gasteiger partial charge is 0.497 e. The molecule has 0 saturated carbocycles.